The van der Waals surface area contributed by atoms with Gasteiger partial charge >= 0.3 is 7.82 Å². The highest BCUT2D eigenvalue weighted by molar-refractivity contribution is 7.46. The van der Waals surface area contributed by atoms with Crippen molar-refractivity contribution >= 4 is 19.4 Å². The third kappa shape index (κ3) is 3.01. The fourth-order valence-corrected chi connectivity index (χ4v) is 7.22. The van der Waals surface area contributed by atoms with Crippen LogP contribution in [0.15, 0.2) is 23.8 Å². The quantitative estimate of drug-likeness (QED) is 0.467. The molecule has 0 aromatic carbocycles. The number of carbonyl (C=O) groups is 2. The van der Waals surface area contributed by atoms with Crippen LogP contribution in [0, 0.1) is 22.7 Å². The number of carbonyl (C=O) groups excluding carboxylic acids is 2. The molecule has 0 amide bonds. The van der Waals surface area contributed by atoms with Gasteiger partial charge in [0, 0.05) is 16.7 Å². The number of hydrogen-bond donors (Lipinski definition) is 4. The average molecular weight is 458 g/mol. The van der Waals surface area contributed by atoms with Gasteiger partial charge in [0.1, 0.15) is 12.2 Å². The van der Waals surface area contributed by atoms with Gasteiger partial charge in [-0.05, 0) is 57.1 Å². The molecule has 172 valence electrons. The summed E-state index contributed by atoms with van der Waals surface area (Å²) in [6.07, 6.45) is 3.73. The maximum atomic E-state index is 16.9. The normalized spacial score (nSPS) is 46.7. The third-order valence-corrected chi connectivity index (χ3v) is 9.08. The molecule has 7 atom stereocenters. The topological polar surface area (TPSA) is 141 Å². The maximum Gasteiger partial charge on any atom is 0.470 e. The van der Waals surface area contributed by atoms with E-state index in [0.717, 1.165) is 0 Å². The van der Waals surface area contributed by atoms with E-state index >= 15 is 4.39 Å². The van der Waals surface area contributed by atoms with Crippen LogP contribution in [0.4, 0.5) is 4.39 Å². The molecule has 0 unspecified atom stereocenters. The molecule has 3 fully saturated rings. The molecule has 31 heavy (non-hydrogen) atoms. The molecule has 0 aromatic rings. The zero-order chi connectivity index (χ0) is 23.0. The number of halogens is 1. The van der Waals surface area contributed by atoms with Crippen LogP contribution in [0.1, 0.15) is 46.0 Å². The molecular weight excluding hydrogens is 430 g/mol. The molecule has 0 saturated heterocycles. The van der Waals surface area contributed by atoms with E-state index in [2.05, 4.69) is 4.52 Å². The van der Waals surface area contributed by atoms with Crippen molar-refractivity contribution in [2.75, 3.05) is 6.61 Å². The van der Waals surface area contributed by atoms with Gasteiger partial charge in [0.2, 0.25) is 0 Å². The Morgan fingerprint density at radius 3 is 2.61 bits per heavy atom. The molecular formula is C21H28FO8P. The minimum absolute atomic E-state index is 0.00937. The van der Waals surface area contributed by atoms with E-state index in [9.17, 15) is 24.4 Å². The highest BCUT2D eigenvalue weighted by atomic mass is 31.2. The Morgan fingerprint density at radius 2 is 1.97 bits per heavy atom. The molecule has 10 heteroatoms. The van der Waals surface area contributed by atoms with Crippen molar-refractivity contribution in [2.24, 2.45) is 22.7 Å². The standard InChI is InChI=1S/C21H28FO8P/c1-18-7-5-13(23)9-12(18)3-4-15-14-6-8-20(26,17(25)11-30-31(27,28)29)19(14,2)10-16(24)21(15,18)22/h5,7,9,14-16,24,26H,3-4,6,8,10-11H2,1-2H3,(H2,27,28,29)/t14-,15-,16+,18+,19+,20+,21-/m1/s1. The molecule has 4 N–H and O–H groups in total. The lowest BCUT2D eigenvalue weighted by molar-refractivity contribution is -0.217. The molecule has 0 aromatic heterocycles. The van der Waals surface area contributed by atoms with Crippen molar-refractivity contribution in [3.8, 4) is 0 Å². The first kappa shape index (κ1) is 23.0. The lowest BCUT2D eigenvalue weighted by atomic mass is 9.44. The predicted molar refractivity (Wildman–Crippen MR) is 106 cm³/mol. The summed E-state index contributed by atoms with van der Waals surface area (Å²) in [5.41, 5.74) is -5.78. The van der Waals surface area contributed by atoms with E-state index in [1.165, 1.54) is 18.2 Å². The summed E-state index contributed by atoms with van der Waals surface area (Å²) in [6, 6.07) is 0. The van der Waals surface area contributed by atoms with Crippen LogP contribution in [-0.2, 0) is 18.7 Å². The van der Waals surface area contributed by atoms with Crippen LogP contribution in [-0.4, -0.2) is 55.5 Å². The van der Waals surface area contributed by atoms with E-state index in [1.54, 1.807) is 13.8 Å². The Kier molecular flexibility index (Phi) is 5.10. The summed E-state index contributed by atoms with van der Waals surface area (Å²) in [5.74, 6) is -2.19. The Morgan fingerprint density at radius 1 is 1.29 bits per heavy atom. The molecule has 4 rings (SSSR count). The molecule has 8 nitrogen and oxygen atoms in total. The van der Waals surface area contributed by atoms with Gasteiger partial charge in [-0.2, -0.15) is 0 Å². The Bertz CT molecular complexity index is 942. The van der Waals surface area contributed by atoms with E-state index in [-0.39, 0.29) is 18.6 Å². The molecule has 0 aliphatic heterocycles. The number of aliphatic hydroxyl groups is 2. The summed E-state index contributed by atoms with van der Waals surface area (Å²) in [4.78, 5) is 42.5. The highest BCUT2D eigenvalue weighted by Crippen LogP contribution is 2.69. The number of hydrogen-bond acceptors (Lipinski definition) is 6. The van der Waals surface area contributed by atoms with E-state index in [1.807, 2.05) is 0 Å². The smallest absolute Gasteiger partial charge is 0.390 e. The number of alkyl halides is 1. The van der Waals surface area contributed by atoms with Gasteiger partial charge in [-0.15, -0.1) is 0 Å². The van der Waals surface area contributed by atoms with Crippen molar-refractivity contribution in [2.45, 2.75) is 63.3 Å². The van der Waals surface area contributed by atoms with Gasteiger partial charge in [-0.3, -0.25) is 14.1 Å². The van der Waals surface area contributed by atoms with Gasteiger partial charge in [0.15, 0.2) is 17.2 Å². The minimum atomic E-state index is -4.91. The summed E-state index contributed by atoms with van der Waals surface area (Å²) in [6.45, 7) is 2.34. The van der Waals surface area contributed by atoms with Gasteiger partial charge in [-0.25, -0.2) is 8.96 Å². The zero-order valence-electron chi connectivity index (χ0n) is 17.5. The summed E-state index contributed by atoms with van der Waals surface area (Å²) < 4.78 is 32.2. The fraction of sp³-hybridized carbons (Fsp3) is 0.714. The van der Waals surface area contributed by atoms with Crippen LogP contribution in [0.25, 0.3) is 0 Å². The number of phosphoric acid groups is 1. The fourth-order valence-electron chi connectivity index (χ4n) is 6.94. The average Bonchev–Trinajstić information content (AvgIpc) is 2.93. The van der Waals surface area contributed by atoms with Gasteiger partial charge < -0.3 is 20.0 Å². The van der Waals surface area contributed by atoms with Crippen LogP contribution in [0.2, 0.25) is 0 Å². The van der Waals surface area contributed by atoms with Crippen LogP contribution < -0.4 is 0 Å². The van der Waals surface area contributed by atoms with Crippen molar-refractivity contribution in [1.29, 1.82) is 0 Å². The Hall–Kier alpha value is -1.22. The number of aliphatic hydroxyl groups excluding tert-OH is 1. The number of fused-ring (bicyclic) bond motifs is 5. The first-order valence-corrected chi connectivity index (χ1v) is 12.0. The SMILES string of the molecule is C[C@]12C=CC(=O)C=C1CC[C@@H]1[C@H]3CC[C@](O)(C(=O)COP(=O)(O)O)[C@@]3(C)C[C@H](O)[C@]12F. The first-order chi connectivity index (χ1) is 14.2. The van der Waals surface area contributed by atoms with Crippen LogP contribution in [0.5, 0.6) is 0 Å². The van der Waals surface area contributed by atoms with Crippen molar-refractivity contribution in [3.63, 3.8) is 0 Å². The second-order valence-electron chi connectivity index (χ2n) is 9.85. The van der Waals surface area contributed by atoms with Gasteiger partial charge in [-0.1, -0.05) is 18.6 Å². The lowest BCUT2D eigenvalue weighted by Crippen LogP contribution is -2.69. The second kappa shape index (κ2) is 6.89. The molecule has 0 radical (unpaired) electrons. The molecule has 4 aliphatic rings. The summed E-state index contributed by atoms with van der Waals surface area (Å²) >= 11 is 0. The third-order valence-electron chi connectivity index (χ3n) is 8.62. The second-order valence-corrected chi connectivity index (χ2v) is 11.1. The molecule has 0 heterocycles. The highest BCUT2D eigenvalue weighted by Gasteiger charge is 2.74. The lowest BCUT2D eigenvalue weighted by Gasteiger charge is -2.62. The van der Waals surface area contributed by atoms with Crippen molar-refractivity contribution in [1.82, 2.24) is 0 Å². The maximum absolute atomic E-state index is 16.9. The number of ketones is 2. The Labute approximate surface area is 179 Å². The molecule has 0 bridgehead atoms. The number of rotatable bonds is 4. The number of Topliss-reactive ketones (excluding diaryl/α,β-unsaturated/α-hetero) is 1. The van der Waals surface area contributed by atoms with Gasteiger partial charge in [0.05, 0.1) is 6.10 Å². The predicted octanol–water partition coefficient (Wildman–Crippen LogP) is 1.77. The van der Waals surface area contributed by atoms with E-state index in [4.69, 9.17) is 9.79 Å². The molecule has 4 aliphatic carbocycles. The number of phosphoric ester groups is 1. The largest absolute Gasteiger partial charge is 0.470 e. The summed E-state index contributed by atoms with van der Waals surface area (Å²) in [5, 5.41) is 22.5. The zero-order valence-corrected chi connectivity index (χ0v) is 18.3. The van der Waals surface area contributed by atoms with Crippen LogP contribution in [0.3, 0.4) is 0 Å². The van der Waals surface area contributed by atoms with E-state index in [0.29, 0.717) is 24.8 Å². The van der Waals surface area contributed by atoms with Crippen molar-refractivity contribution in [3.05, 3.63) is 23.8 Å². The van der Waals surface area contributed by atoms with Crippen molar-refractivity contribution < 1.29 is 43.1 Å². The first-order valence-electron chi connectivity index (χ1n) is 10.5. The monoisotopic (exact) mass is 458 g/mol. The Balaban J connectivity index is 1.70. The molecule has 0 spiro atoms. The van der Waals surface area contributed by atoms with Crippen LogP contribution >= 0.6 is 7.82 Å². The number of allylic oxidation sites excluding steroid dienone is 4. The summed E-state index contributed by atoms with van der Waals surface area (Å²) in [7, 11) is -4.91. The van der Waals surface area contributed by atoms with Gasteiger partial charge in [0.25, 0.3) is 0 Å². The minimum Gasteiger partial charge on any atom is -0.390 e. The molecule has 3 saturated carbocycles. The van der Waals surface area contributed by atoms with E-state index < -0.39 is 60.3 Å².